The molecule has 2 aromatic rings. The van der Waals surface area contributed by atoms with Crippen molar-refractivity contribution in [3.8, 4) is 17.0 Å². The summed E-state index contributed by atoms with van der Waals surface area (Å²) in [6, 6.07) is 4.67. The highest BCUT2D eigenvalue weighted by Gasteiger charge is 2.09. The molecule has 5 heteroatoms. The molecule has 0 amide bonds. The summed E-state index contributed by atoms with van der Waals surface area (Å²) in [4.78, 5) is 4.12. The molecule has 1 aromatic heterocycles. The molecule has 0 aliphatic carbocycles. The number of nitrogens with zero attached hydrogens (tertiary/aromatic N) is 1. The summed E-state index contributed by atoms with van der Waals surface area (Å²) in [6.07, 6.45) is 1.46. The van der Waals surface area contributed by atoms with E-state index in [1.54, 1.807) is 19.1 Å². The molecular formula is C12H13FN2O2. The first-order valence-electron chi connectivity index (χ1n) is 5.31. The standard InChI is InChI=1S/C12H13FN2O2/c1-2-16-11-4-3-8(5-9(11)13)10-7-17-12(6-14)15-10/h3-5,7H,2,6,14H2,1H3. The fraction of sp³-hybridized carbons (Fsp3) is 0.250. The lowest BCUT2D eigenvalue weighted by Gasteiger charge is -2.05. The lowest BCUT2D eigenvalue weighted by Crippen LogP contribution is -1.96. The van der Waals surface area contributed by atoms with Gasteiger partial charge in [-0.25, -0.2) is 9.37 Å². The van der Waals surface area contributed by atoms with Gasteiger partial charge in [0.05, 0.1) is 13.2 Å². The van der Waals surface area contributed by atoms with Gasteiger partial charge in [0, 0.05) is 5.56 Å². The van der Waals surface area contributed by atoms with E-state index in [-0.39, 0.29) is 12.3 Å². The van der Waals surface area contributed by atoms with Crippen LogP contribution in [-0.2, 0) is 6.54 Å². The van der Waals surface area contributed by atoms with Crippen molar-refractivity contribution in [3.05, 3.63) is 36.2 Å². The Bertz CT molecular complexity index is 511. The second kappa shape index (κ2) is 4.97. The summed E-state index contributed by atoms with van der Waals surface area (Å²) in [5.41, 5.74) is 6.58. The molecule has 17 heavy (non-hydrogen) atoms. The van der Waals surface area contributed by atoms with Gasteiger partial charge >= 0.3 is 0 Å². The highest BCUT2D eigenvalue weighted by atomic mass is 19.1. The zero-order valence-corrected chi connectivity index (χ0v) is 9.44. The maximum absolute atomic E-state index is 13.6. The molecular weight excluding hydrogens is 223 g/mol. The largest absolute Gasteiger partial charge is 0.491 e. The maximum atomic E-state index is 13.6. The minimum absolute atomic E-state index is 0.222. The van der Waals surface area contributed by atoms with E-state index in [0.29, 0.717) is 23.8 Å². The van der Waals surface area contributed by atoms with Crippen molar-refractivity contribution in [2.24, 2.45) is 5.73 Å². The van der Waals surface area contributed by atoms with Gasteiger partial charge in [0.25, 0.3) is 0 Å². The third-order valence-electron chi connectivity index (χ3n) is 2.25. The normalized spacial score (nSPS) is 10.5. The molecule has 0 bridgehead atoms. The Morgan fingerprint density at radius 3 is 2.88 bits per heavy atom. The van der Waals surface area contributed by atoms with E-state index in [2.05, 4.69) is 4.98 Å². The molecule has 0 radical (unpaired) electrons. The molecule has 0 unspecified atom stereocenters. The Kier molecular flexibility index (Phi) is 3.39. The number of halogens is 1. The quantitative estimate of drug-likeness (QED) is 0.885. The average Bonchev–Trinajstić information content (AvgIpc) is 2.80. The summed E-state index contributed by atoms with van der Waals surface area (Å²) in [5, 5.41) is 0. The maximum Gasteiger partial charge on any atom is 0.208 e. The topological polar surface area (TPSA) is 61.3 Å². The lowest BCUT2D eigenvalue weighted by molar-refractivity contribution is 0.321. The Labute approximate surface area is 98.2 Å². The smallest absolute Gasteiger partial charge is 0.208 e. The average molecular weight is 236 g/mol. The second-order valence-electron chi connectivity index (χ2n) is 3.41. The molecule has 0 atom stereocenters. The van der Waals surface area contributed by atoms with Crippen molar-refractivity contribution in [1.29, 1.82) is 0 Å². The first-order valence-corrected chi connectivity index (χ1v) is 5.31. The molecule has 4 nitrogen and oxygen atoms in total. The van der Waals surface area contributed by atoms with Crippen LogP contribution in [0.5, 0.6) is 5.75 Å². The molecule has 0 spiro atoms. The summed E-state index contributed by atoms with van der Waals surface area (Å²) >= 11 is 0. The monoisotopic (exact) mass is 236 g/mol. The van der Waals surface area contributed by atoms with Crippen LogP contribution in [-0.4, -0.2) is 11.6 Å². The molecule has 0 aliphatic rings. The van der Waals surface area contributed by atoms with Gasteiger partial charge in [-0.1, -0.05) is 0 Å². The van der Waals surface area contributed by atoms with Crippen LogP contribution in [0, 0.1) is 5.82 Å². The Morgan fingerprint density at radius 2 is 2.29 bits per heavy atom. The molecule has 2 N–H and O–H groups in total. The van der Waals surface area contributed by atoms with Crippen LogP contribution in [0.4, 0.5) is 4.39 Å². The van der Waals surface area contributed by atoms with Crippen molar-refractivity contribution in [2.45, 2.75) is 13.5 Å². The van der Waals surface area contributed by atoms with Gasteiger partial charge in [-0.05, 0) is 25.1 Å². The molecule has 0 fully saturated rings. The van der Waals surface area contributed by atoms with Crippen LogP contribution in [0.25, 0.3) is 11.3 Å². The summed E-state index contributed by atoms with van der Waals surface area (Å²) in [5.74, 6) is 0.245. The highest BCUT2D eigenvalue weighted by Crippen LogP contribution is 2.25. The van der Waals surface area contributed by atoms with E-state index >= 15 is 0 Å². The Hall–Kier alpha value is -1.88. The number of ether oxygens (including phenoxy) is 1. The number of oxazole rings is 1. The van der Waals surface area contributed by atoms with Gasteiger partial charge < -0.3 is 14.9 Å². The number of aromatic nitrogens is 1. The number of hydrogen-bond donors (Lipinski definition) is 1. The number of nitrogens with two attached hydrogens (primary N) is 1. The fourth-order valence-electron chi connectivity index (χ4n) is 1.47. The number of hydrogen-bond acceptors (Lipinski definition) is 4. The van der Waals surface area contributed by atoms with Gasteiger partial charge in [-0.15, -0.1) is 0 Å². The fourth-order valence-corrected chi connectivity index (χ4v) is 1.47. The van der Waals surface area contributed by atoms with E-state index in [0.717, 1.165) is 0 Å². The zero-order chi connectivity index (χ0) is 12.3. The number of benzene rings is 1. The molecule has 1 aromatic carbocycles. The first kappa shape index (κ1) is 11.6. The van der Waals surface area contributed by atoms with Gasteiger partial charge in [0.2, 0.25) is 5.89 Å². The van der Waals surface area contributed by atoms with E-state index in [1.165, 1.54) is 12.3 Å². The molecule has 1 heterocycles. The van der Waals surface area contributed by atoms with Crippen molar-refractivity contribution in [1.82, 2.24) is 4.98 Å². The minimum Gasteiger partial charge on any atom is -0.491 e. The van der Waals surface area contributed by atoms with Gasteiger partial charge in [0.1, 0.15) is 12.0 Å². The van der Waals surface area contributed by atoms with E-state index < -0.39 is 5.82 Å². The first-order chi connectivity index (χ1) is 8.24. The third kappa shape index (κ3) is 2.45. The SMILES string of the molecule is CCOc1ccc(-c2coc(CN)n2)cc1F. The molecule has 0 saturated carbocycles. The highest BCUT2D eigenvalue weighted by molar-refractivity contribution is 5.59. The minimum atomic E-state index is -0.415. The molecule has 0 aliphatic heterocycles. The summed E-state index contributed by atoms with van der Waals surface area (Å²) in [6.45, 7) is 2.45. The van der Waals surface area contributed by atoms with E-state index in [4.69, 9.17) is 14.9 Å². The molecule has 0 saturated heterocycles. The van der Waals surface area contributed by atoms with Crippen molar-refractivity contribution >= 4 is 0 Å². The van der Waals surface area contributed by atoms with Crippen molar-refractivity contribution in [2.75, 3.05) is 6.61 Å². The van der Waals surface area contributed by atoms with Gasteiger partial charge in [-0.3, -0.25) is 0 Å². The van der Waals surface area contributed by atoms with E-state index in [1.807, 2.05) is 0 Å². The van der Waals surface area contributed by atoms with Crippen molar-refractivity contribution in [3.63, 3.8) is 0 Å². The summed E-state index contributed by atoms with van der Waals surface area (Å²) < 4.78 is 23.8. The molecule has 2 rings (SSSR count). The third-order valence-corrected chi connectivity index (χ3v) is 2.25. The second-order valence-corrected chi connectivity index (χ2v) is 3.41. The van der Waals surface area contributed by atoms with Crippen LogP contribution in [0.2, 0.25) is 0 Å². The Morgan fingerprint density at radius 1 is 1.47 bits per heavy atom. The van der Waals surface area contributed by atoms with E-state index in [9.17, 15) is 4.39 Å². The predicted octanol–water partition coefficient (Wildman–Crippen LogP) is 2.34. The Balaban J connectivity index is 2.30. The van der Waals surface area contributed by atoms with Gasteiger partial charge in [0.15, 0.2) is 11.6 Å². The predicted molar refractivity (Wildman–Crippen MR) is 61.0 cm³/mol. The molecule has 90 valence electrons. The zero-order valence-electron chi connectivity index (χ0n) is 9.44. The van der Waals surface area contributed by atoms with Crippen LogP contribution in [0.15, 0.2) is 28.9 Å². The number of rotatable bonds is 4. The lowest BCUT2D eigenvalue weighted by atomic mass is 10.1. The van der Waals surface area contributed by atoms with Crippen LogP contribution < -0.4 is 10.5 Å². The van der Waals surface area contributed by atoms with Crippen molar-refractivity contribution < 1.29 is 13.5 Å². The van der Waals surface area contributed by atoms with Crippen LogP contribution in [0.3, 0.4) is 0 Å². The van der Waals surface area contributed by atoms with Crippen LogP contribution in [0.1, 0.15) is 12.8 Å². The van der Waals surface area contributed by atoms with Gasteiger partial charge in [-0.2, -0.15) is 0 Å². The summed E-state index contributed by atoms with van der Waals surface area (Å²) in [7, 11) is 0. The van der Waals surface area contributed by atoms with Crippen LogP contribution >= 0.6 is 0 Å².